The first kappa shape index (κ1) is 12.0. The van der Waals surface area contributed by atoms with Gasteiger partial charge in [-0.05, 0) is 12.8 Å². The maximum atomic E-state index is 11.7. The summed E-state index contributed by atoms with van der Waals surface area (Å²) in [6, 6.07) is 0. The van der Waals surface area contributed by atoms with E-state index in [1.165, 1.54) is 0 Å². The Morgan fingerprint density at radius 1 is 1.53 bits per heavy atom. The SMILES string of the molecule is CCOC(=O)[C@@H]1[C@@H](C)C(=O)O[C@H]1C(C)C. The van der Waals surface area contributed by atoms with E-state index in [1.54, 1.807) is 13.8 Å². The fourth-order valence-corrected chi connectivity index (χ4v) is 1.87. The molecular formula is C11H18O4. The maximum Gasteiger partial charge on any atom is 0.313 e. The molecule has 0 bridgehead atoms. The normalized spacial score (nSPS) is 30.5. The lowest BCUT2D eigenvalue weighted by molar-refractivity contribution is -0.151. The van der Waals surface area contributed by atoms with Gasteiger partial charge in [0.05, 0.1) is 12.5 Å². The molecule has 0 aliphatic carbocycles. The monoisotopic (exact) mass is 214 g/mol. The molecule has 1 aliphatic rings. The third-order valence-corrected chi connectivity index (χ3v) is 2.73. The first-order valence-corrected chi connectivity index (χ1v) is 5.36. The zero-order valence-electron chi connectivity index (χ0n) is 9.65. The first-order valence-electron chi connectivity index (χ1n) is 5.36. The summed E-state index contributed by atoms with van der Waals surface area (Å²) in [6.07, 6.45) is -0.341. The van der Waals surface area contributed by atoms with E-state index in [4.69, 9.17) is 9.47 Å². The zero-order chi connectivity index (χ0) is 11.6. The Labute approximate surface area is 89.9 Å². The third kappa shape index (κ3) is 2.30. The van der Waals surface area contributed by atoms with Crippen LogP contribution >= 0.6 is 0 Å². The van der Waals surface area contributed by atoms with Gasteiger partial charge in [0, 0.05) is 0 Å². The molecule has 0 N–H and O–H groups in total. The summed E-state index contributed by atoms with van der Waals surface area (Å²) in [6.45, 7) is 7.67. The van der Waals surface area contributed by atoms with E-state index in [0.717, 1.165) is 0 Å². The number of hydrogen-bond donors (Lipinski definition) is 0. The second-order valence-corrected chi connectivity index (χ2v) is 4.21. The Morgan fingerprint density at radius 2 is 2.13 bits per heavy atom. The lowest BCUT2D eigenvalue weighted by Crippen LogP contribution is -2.33. The Kier molecular flexibility index (Phi) is 3.72. The van der Waals surface area contributed by atoms with E-state index >= 15 is 0 Å². The second kappa shape index (κ2) is 4.64. The van der Waals surface area contributed by atoms with Gasteiger partial charge in [0.15, 0.2) is 0 Å². The van der Waals surface area contributed by atoms with Crippen LogP contribution in [0.15, 0.2) is 0 Å². The molecule has 1 rings (SSSR count). The quantitative estimate of drug-likeness (QED) is 0.666. The van der Waals surface area contributed by atoms with Gasteiger partial charge in [-0.15, -0.1) is 0 Å². The molecular weight excluding hydrogens is 196 g/mol. The molecule has 0 unspecified atom stereocenters. The fraction of sp³-hybridized carbons (Fsp3) is 0.818. The average Bonchev–Trinajstić information content (AvgIpc) is 2.44. The molecule has 3 atom stereocenters. The van der Waals surface area contributed by atoms with Crippen molar-refractivity contribution in [3.8, 4) is 0 Å². The van der Waals surface area contributed by atoms with Gasteiger partial charge in [-0.3, -0.25) is 9.59 Å². The van der Waals surface area contributed by atoms with Crippen LogP contribution in [0.2, 0.25) is 0 Å². The highest BCUT2D eigenvalue weighted by Gasteiger charge is 2.48. The summed E-state index contributed by atoms with van der Waals surface area (Å²) in [5.74, 6) is -1.33. The summed E-state index contributed by atoms with van der Waals surface area (Å²) in [7, 11) is 0. The Hall–Kier alpha value is -1.06. The first-order chi connectivity index (χ1) is 6.99. The van der Waals surface area contributed by atoms with Crippen molar-refractivity contribution in [3.05, 3.63) is 0 Å². The van der Waals surface area contributed by atoms with E-state index in [1.807, 2.05) is 13.8 Å². The highest BCUT2D eigenvalue weighted by Crippen LogP contribution is 2.33. The fourth-order valence-electron chi connectivity index (χ4n) is 1.87. The van der Waals surface area contributed by atoms with Gasteiger partial charge in [-0.25, -0.2) is 0 Å². The molecule has 0 aromatic rings. The van der Waals surface area contributed by atoms with E-state index in [2.05, 4.69) is 0 Å². The van der Waals surface area contributed by atoms with E-state index in [9.17, 15) is 9.59 Å². The van der Waals surface area contributed by atoms with E-state index in [-0.39, 0.29) is 24.0 Å². The molecule has 86 valence electrons. The Morgan fingerprint density at radius 3 is 2.60 bits per heavy atom. The van der Waals surface area contributed by atoms with Crippen molar-refractivity contribution < 1.29 is 19.1 Å². The van der Waals surface area contributed by atoms with Crippen molar-refractivity contribution in [1.29, 1.82) is 0 Å². The molecule has 15 heavy (non-hydrogen) atoms. The lowest BCUT2D eigenvalue weighted by Gasteiger charge is -2.20. The number of rotatable bonds is 3. The number of carbonyl (C=O) groups is 2. The van der Waals surface area contributed by atoms with Crippen LogP contribution in [0, 0.1) is 17.8 Å². The lowest BCUT2D eigenvalue weighted by atomic mass is 9.87. The highest BCUT2D eigenvalue weighted by molar-refractivity contribution is 5.85. The Balaban J connectivity index is 2.81. The maximum absolute atomic E-state index is 11.7. The van der Waals surface area contributed by atoms with Gasteiger partial charge >= 0.3 is 11.9 Å². The molecule has 0 saturated carbocycles. The van der Waals surface area contributed by atoms with Crippen molar-refractivity contribution >= 4 is 11.9 Å². The number of ether oxygens (including phenoxy) is 2. The van der Waals surface area contributed by atoms with Crippen LogP contribution in [-0.2, 0) is 19.1 Å². The van der Waals surface area contributed by atoms with Crippen LogP contribution in [0.5, 0.6) is 0 Å². The Bertz CT molecular complexity index is 259. The van der Waals surface area contributed by atoms with Gasteiger partial charge in [0.2, 0.25) is 0 Å². The van der Waals surface area contributed by atoms with Crippen LogP contribution in [0.25, 0.3) is 0 Å². The van der Waals surface area contributed by atoms with Gasteiger partial charge < -0.3 is 9.47 Å². The van der Waals surface area contributed by atoms with Crippen molar-refractivity contribution in [2.45, 2.75) is 33.8 Å². The summed E-state index contributed by atoms with van der Waals surface area (Å²) in [4.78, 5) is 23.0. The average molecular weight is 214 g/mol. The predicted molar refractivity (Wildman–Crippen MR) is 54.0 cm³/mol. The van der Waals surface area contributed by atoms with Crippen LogP contribution in [0.4, 0.5) is 0 Å². The molecule has 4 nitrogen and oxygen atoms in total. The molecule has 4 heteroatoms. The molecule has 1 fully saturated rings. The molecule has 0 aromatic carbocycles. The van der Waals surface area contributed by atoms with Gasteiger partial charge in [-0.2, -0.15) is 0 Å². The minimum Gasteiger partial charge on any atom is -0.466 e. The molecule has 1 saturated heterocycles. The number of cyclic esters (lactones) is 1. The summed E-state index contributed by atoms with van der Waals surface area (Å²) in [5.41, 5.74) is 0. The van der Waals surface area contributed by atoms with Gasteiger partial charge in [-0.1, -0.05) is 20.8 Å². The minimum absolute atomic E-state index is 0.133. The third-order valence-electron chi connectivity index (χ3n) is 2.73. The second-order valence-electron chi connectivity index (χ2n) is 4.21. The largest absolute Gasteiger partial charge is 0.466 e. The summed E-state index contributed by atoms with van der Waals surface area (Å²) in [5, 5.41) is 0. The van der Waals surface area contributed by atoms with Crippen LogP contribution in [0.1, 0.15) is 27.7 Å². The molecule has 0 radical (unpaired) electrons. The highest BCUT2D eigenvalue weighted by atomic mass is 16.6. The van der Waals surface area contributed by atoms with Gasteiger partial charge in [0.1, 0.15) is 12.0 Å². The number of esters is 2. The van der Waals surface area contributed by atoms with Crippen molar-refractivity contribution in [1.82, 2.24) is 0 Å². The standard InChI is InChI=1S/C11H18O4/c1-5-14-11(13)8-7(4)10(12)15-9(8)6(2)3/h6-9H,5H2,1-4H3/t7-,8-,9+/m1/s1. The molecule has 0 spiro atoms. The smallest absolute Gasteiger partial charge is 0.313 e. The number of carbonyl (C=O) groups excluding carboxylic acids is 2. The van der Waals surface area contributed by atoms with Crippen LogP contribution in [-0.4, -0.2) is 24.6 Å². The van der Waals surface area contributed by atoms with Crippen LogP contribution in [0.3, 0.4) is 0 Å². The molecule has 1 aliphatic heterocycles. The summed E-state index contributed by atoms with van der Waals surface area (Å²) < 4.78 is 10.1. The predicted octanol–water partition coefficient (Wildman–Crippen LogP) is 1.38. The minimum atomic E-state index is -0.447. The van der Waals surface area contributed by atoms with Crippen molar-refractivity contribution in [3.63, 3.8) is 0 Å². The topological polar surface area (TPSA) is 52.6 Å². The van der Waals surface area contributed by atoms with Crippen LogP contribution < -0.4 is 0 Å². The molecule has 1 heterocycles. The van der Waals surface area contributed by atoms with E-state index < -0.39 is 11.8 Å². The van der Waals surface area contributed by atoms with Gasteiger partial charge in [0.25, 0.3) is 0 Å². The number of hydrogen-bond acceptors (Lipinski definition) is 4. The van der Waals surface area contributed by atoms with Crippen molar-refractivity contribution in [2.24, 2.45) is 17.8 Å². The zero-order valence-corrected chi connectivity index (χ0v) is 9.65. The van der Waals surface area contributed by atoms with E-state index in [0.29, 0.717) is 6.61 Å². The molecule has 0 amide bonds. The molecule has 0 aromatic heterocycles. The van der Waals surface area contributed by atoms with Crippen molar-refractivity contribution in [2.75, 3.05) is 6.61 Å². The summed E-state index contributed by atoms with van der Waals surface area (Å²) >= 11 is 0.